The maximum Gasteiger partial charge on any atom is 0.471 e. The Morgan fingerprint density at radius 3 is 1.88 bits per heavy atom. The Hall–Kier alpha value is -1.27. The van der Waals surface area contributed by atoms with Gasteiger partial charge in [0, 0.05) is 0 Å². The van der Waals surface area contributed by atoms with Gasteiger partial charge in [0.15, 0.2) is 0 Å². The number of carboxylic acids is 1. The molecule has 0 aromatic carbocycles. The fourth-order valence-electron chi connectivity index (χ4n) is 1.32. The Morgan fingerprint density at radius 2 is 1.62 bits per heavy atom. The topological polar surface area (TPSA) is 66.4 Å². The van der Waals surface area contributed by atoms with E-state index in [1.54, 1.807) is 5.32 Å². The molecule has 0 saturated carbocycles. The molecule has 16 heavy (non-hydrogen) atoms. The van der Waals surface area contributed by atoms with Crippen molar-refractivity contribution in [1.29, 1.82) is 0 Å². The molecule has 0 aromatic heterocycles. The van der Waals surface area contributed by atoms with E-state index < -0.39 is 30.0 Å². The van der Waals surface area contributed by atoms with E-state index in [1.807, 2.05) is 0 Å². The van der Waals surface area contributed by atoms with Crippen molar-refractivity contribution in [2.45, 2.75) is 44.8 Å². The highest BCUT2D eigenvalue weighted by Gasteiger charge is 2.43. The zero-order chi connectivity index (χ0) is 13.0. The summed E-state index contributed by atoms with van der Waals surface area (Å²) in [5.74, 6) is -3.34. The van der Waals surface area contributed by atoms with Gasteiger partial charge in [-0.25, -0.2) is 0 Å². The summed E-state index contributed by atoms with van der Waals surface area (Å²) >= 11 is 0. The maximum atomic E-state index is 12.0. The second kappa shape index (κ2) is 5.18. The van der Waals surface area contributed by atoms with Gasteiger partial charge in [0.05, 0.1) is 12.0 Å². The summed E-state index contributed by atoms with van der Waals surface area (Å²) in [6, 6.07) is 0. The zero-order valence-corrected chi connectivity index (χ0v) is 9.02. The SMILES string of the molecule is CCC(CC)(CC(=O)O)NC(=O)C(F)(F)F. The van der Waals surface area contributed by atoms with Crippen molar-refractivity contribution in [2.24, 2.45) is 0 Å². The highest BCUT2D eigenvalue weighted by Crippen LogP contribution is 2.23. The third kappa shape index (κ3) is 4.08. The molecule has 0 aliphatic heterocycles. The molecule has 0 unspecified atom stereocenters. The van der Waals surface area contributed by atoms with Crippen LogP contribution in [0.25, 0.3) is 0 Å². The summed E-state index contributed by atoms with van der Waals surface area (Å²) < 4.78 is 36.1. The highest BCUT2D eigenvalue weighted by molar-refractivity contribution is 5.83. The molecule has 0 fully saturated rings. The standard InChI is InChI=1S/C9H14F3NO3/c1-3-8(4-2,5-6(14)15)13-7(16)9(10,11)12/h3-5H2,1-2H3,(H,13,16)(H,14,15). The van der Waals surface area contributed by atoms with Gasteiger partial charge >= 0.3 is 18.1 Å². The fraction of sp³-hybridized carbons (Fsp3) is 0.778. The highest BCUT2D eigenvalue weighted by atomic mass is 19.4. The van der Waals surface area contributed by atoms with Gasteiger partial charge in [0.1, 0.15) is 0 Å². The van der Waals surface area contributed by atoms with Gasteiger partial charge in [-0.15, -0.1) is 0 Å². The largest absolute Gasteiger partial charge is 0.481 e. The molecule has 7 heteroatoms. The van der Waals surface area contributed by atoms with Crippen LogP contribution in [0.4, 0.5) is 13.2 Å². The van der Waals surface area contributed by atoms with Crippen molar-refractivity contribution in [3.63, 3.8) is 0 Å². The first-order valence-electron chi connectivity index (χ1n) is 4.78. The lowest BCUT2D eigenvalue weighted by Gasteiger charge is -2.31. The summed E-state index contributed by atoms with van der Waals surface area (Å²) in [5.41, 5.74) is -1.33. The smallest absolute Gasteiger partial charge is 0.471 e. The number of carbonyl (C=O) groups is 2. The van der Waals surface area contributed by atoms with Crippen LogP contribution in [0.3, 0.4) is 0 Å². The Balaban J connectivity index is 4.80. The number of aliphatic carboxylic acids is 1. The molecule has 2 N–H and O–H groups in total. The van der Waals surface area contributed by atoms with E-state index in [4.69, 9.17) is 5.11 Å². The number of hydrogen-bond acceptors (Lipinski definition) is 2. The molecule has 0 radical (unpaired) electrons. The van der Waals surface area contributed by atoms with Gasteiger partial charge in [-0.1, -0.05) is 13.8 Å². The van der Waals surface area contributed by atoms with E-state index in [0.29, 0.717) is 0 Å². The molecule has 0 heterocycles. The van der Waals surface area contributed by atoms with Crippen LogP contribution < -0.4 is 5.32 Å². The van der Waals surface area contributed by atoms with E-state index in [9.17, 15) is 22.8 Å². The Bertz CT molecular complexity index is 272. The van der Waals surface area contributed by atoms with Crippen LogP contribution in [0.5, 0.6) is 0 Å². The Kier molecular flexibility index (Phi) is 4.77. The van der Waals surface area contributed by atoms with Crippen LogP contribution in [-0.2, 0) is 9.59 Å². The second-order valence-electron chi connectivity index (χ2n) is 3.51. The zero-order valence-electron chi connectivity index (χ0n) is 9.02. The molecular formula is C9H14F3NO3. The average Bonchev–Trinajstić information content (AvgIpc) is 2.14. The van der Waals surface area contributed by atoms with Gasteiger partial charge < -0.3 is 10.4 Å². The third-order valence-corrected chi connectivity index (χ3v) is 2.48. The quantitative estimate of drug-likeness (QED) is 0.769. The average molecular weight is 241 g/mol. The van der Waals surface area contributed by atoms with Crippen molar-refractivity contribution >= 4 is 11.9 Å². The second-order valence-corrected chi connectivity index (χ2v) is 3.51. The van der Waals surface area contributed by atoms with Gasteiger partial charge in [-0.3, -0.25) is 9.59 Å². The summed E-state index contributed by atoms with van der Waals surface area (Å²) in [4.78, 5) is 21.3. The number of rotatable bonds is 5. The van der Waals surface area contributed by atoms with Crippen molar-refractivity contribution < 1.29 is 27.9 Å². The Morgan fingerprint density at radius 1 is 1.19 bits per heavy atom. The predicted octanol–water partition coefficient (Wildman–Crippen LogP) is 1.70. The van der Waals surface area contributed by atoms with Crippen LogP contribution in [0.1, 0.15) is 33.1 Å². The van der Waals surface area contributed by atoms with E-state index in [2.05, 4.69) is 0 Å². The lowest BCUT2D eigenvalue weighted by atomic mass is 9.89. The number of alkyl halides is 3. The van der Waals surface area contributed by atoms with Crippen molar-refractivity contribution in [1.82, 2.24) is 5.32 Å². The minimum absolute atomic E-state index is 0.123. The molecule has 0 aliphatic rings. The fourth-order valence-corrected chi connectivity index (χ4v) is 1.32. The molecule has 94 valence electrons. The minimum Gasteiger partial charge on any atom is -0.481 e. The number of halogens is 3. The molecule has 0 rings (SSSR count). The van der Waals surface area contributed by atoms with E-state index >= 15 is 0 Å². The third-order valence-electron chi connectivity index (χ3n) is 2.48. The van der Waals surface area contributed by atoms with Crippen LogP contribution >= 0.6 is 0 Å². The van der Waals surface area contributed by atoms with Crippen LogP contribution in [0.2, 0.25) is 0 Å². The monoisotopic (exact) mass is 241 g/mol. The Labute approximate surface area is 90.8 Å². The lowest BCUT2D eigenvalue weighted by molar-refractivity contribution is -0.176. The number of carbonyl (C=O) groups excluding carboxylic acids is 1. The first-order valence-corrected chi connectivity index (χ1v) is 4.78. The summed E-state index contributed by atoms with van der Waals surface area (Å²) in [6.07, 6.45) is -5.27. The predicted molar refractivity (Wildman–Crippen MR) is 49.8 cm³/mol. The summed E-state index contributed by atoms with van der Waals surface area (Å²) in [5, 5.41) is 10.4. The molecule has 0 atom stereocenters. The van der Waals surface area contributed by atoms with Gasteiger partial charge in [0.2, 0.25) is 0 Å². The van der Waals surface area contributed by atoms with Crippen LogP contribution in [-0.4, -0.2) is 28.7 Å². The van der Waals surface area contributed by atoms with E-state index in [-0.39, 0.29) is 12.8 Å². The lowest BCUT2D eigenvalue weighted by Crippen LogP contribution is -2.53. The number of hydrogen-bond donors (Lipinski definition) is 2. The molecular weight excluding hydrogens is 227 g/mol. The molecule has 1 amide bonds. The number of carboxylic acid groups (broad SMARTS) is 1. The summed E-state index contributed by atoms with van der Waals surface area (Å²) in [7, 11) is 0. The van der Waals surface area contributed by atoms with Gasteiger partial charge in [-0.05, 0) is 12.8 Å². The summed E-state index contributed by atoms with van der Waals surface area (Å²) in [6.45, 7) is 3.06. The maximum absolute atomic E-state index is 12.0. The van der Waals surface area contributed by atoms with Crippen molar-refractivity contribution in [3.05, 3.63) is 0 Å². The molecule has 0 spiro atoms. The van der Waals surface area contributed by atoms with Crippen molar-refractivity contribution in [2.75, 3.05) is 0 Å². The van der Waals surface area contributed by atoms with Crippen LogP contribution in [0, 0.1) is 0 Å². The molecule has 0 bridgehead atoms. The first-order chi connectivity index (χ1) is 7.17. The van der Waals surface area contributed by atoms with Gasteiger partial charge in [0.25, 0.3) is 0 Å². The first kappa shape index (κ1) is 14.7. The molecule has 0 saturated heterocycles. The number of amides is 1. The minimum atomic E-state index is -4.99. The molecule has 0 aromatic rings. The molecule has 0 aliphatic carbocycles. The molecule has 4 nitrogen and oxygen atoms in total. The van der Waals surface area contributed by atoms with E-state index in [0.717, 1.165) is 0 Å². The van der Waals surface area contributed by atoms with Gasteiger partial charge in [-0.2, -0.15) is 13.2 Å². The van der Waals surface area contributed by atoms with E-state index in [1.165, 1.54) is 13.8 Å². The number of nitrogens with one attached hydrogen (secondary N) is 1. The van der Waals surface area contributed by atoms with Crippen LogP contribution in [0.15, 0.2) is 0 Å². The van der Waals surface area contributed by atoms with Crippen molar-refractivity contribution in [3.8, 4) is 0 Å². The normalized spacial score (nSPS) is 12.3.